The van der Waals surface area contributed by atoms with E-state index in [9.17, 15) is 4.39 Å². The van der Waals surface area contributed by atoms with Crippen LogP contribution in [0, 0.1) is 9.39 Å². The van der Waals surface area contributed by atoms with Crippen molar-refractivity contribution in [1.29, 1.82) is 0 Å². The Bertz CT molecular complexity index is 710. The van der Waals surface area contributed by atoms with E-state index in [-0.39, 0.29) is 11.2 Å². The van der Waals surface area contributed by atoms with Crippen molar-refractivity contribution in [3.63, 3.8) is 0 Å². The van der Waals surface area contributed by atoms with Gasteiger partial charge in [-0.05, 0) is 81.7 Å². The molecule has 4 rings (SSSR count). The normalized spacial score (nSPS) is 17.6. The predicted octanol–water partition coefficient (Wildman–Crippen LogP) is 5.38. The van der Waals surface area contributed by atoms with Crippen LogP contribution in [-0.4, -0.2) is 0 Å². The lowest BCUT2D eigenvalue weighted by molar-refractivity contribution is 0.438. The summed E-state index contributed by atoms with van der Waals surface area (Å²) in [5, 5.41) is 0. The van der Waals surface area contributed by atoms with Crippen molar-refractivity contribution in [3.8, 4) is 11.5 Å². The summed E-state index contributed by atoms with van der Waals surface area (Å²) in [5.74, 6) is 1.46. The Kier molecular flexibility index (Phi) is 2.52. The average molecular weight is 431 g/mol. The van der Waals surface area contributed by atoms with E-state index in [2.05, 4.69) is 44.6 Å². The second kappa shape index (κ2) is 3.95. The Morgan fingerprint density at radius 3 is 2.58 bits per heavy atom. The first kappa shape index (κ1) is 12.1. The number of halogens is 3. The highest BCUT2D eigenvalue weighted by Gasteiger charge is 2.51. The lowest BCUT2D eigenvalue weighted by Gasteiger charge is -2.28. The van der Waals surface area contributed by atoms with Gasteiger partial charge in [-0.15, -0.1) is 0 Å². The number of benzene rings is 2. The maximum absolute atomic E-state index is 13.8. The topological polar surface area (TPSA) is 9.23 Å². The van der Waals surface area contributed by atoms with Crippen molar-refractivity contribution < 1.29 is 9.13 Å². The monoisotopic (exact) mass is 430 g/mol. The van der Waals surface area contributed by atoms with Crippen molar-refractivity contribution in [2.45, 2.75) is 18.3 Å². The molecular formula is C15H9BrFIO. The van der Waals surface area contributed by atoms with Crippen LogP contribution in [0.3, 0.4) is 0 Å². The Balaban J connectivity index is 1.99. The van der Waals surface area contributed by atoms with Gasteiger partial charge in [-0.3, -0.25) is 0 Å². The summed E-state index contributed by atoms with van der Waals surface area (Å²) in [4.78, 5) is 0. The third kappa shape index (κ3) is 1.69. The van der Waals surface area contributed by atoms with E-state index in [4.69, 9.17) is 4.74 Å². The van der Waals surface area contributed by atoms with Crippen LogP contribution < -0.4 is 4.74 Å². The highest BCUT2D eigenvalue weighted by Crippen LogP contribution is 2.62. The molecule has 2 aliphatic rings. The highest BCUT2D eigenvalue weighted by atomic mass is 127. The largest absolute Gasteiger partial charge is 0.457 e. The first-order chi connectivity index (χ1) is 9.10. The summed E-state index contributed by atoms with van der Waals surface area (Å²) in [6.07, 6.45) is 2.13. The number of ether oxygens (including phenoxy) is 1. The standard InChI is InChI=1S/C15H9BrFIO/c16-11-7-14-10(6-12(11)17)15(3-4-15)9-5-8(18)1-2-13(9)19-14/h1-2,5-7H,3-4H2. The molecule has 0 atom stereocenters. The molecule has 2 aromatic rings. The summed E-state index contributed by atoms with van der Waals surface area (Å²) >= 11 is 5.53. The van der Waals surface area contributed by atoms with E-state index in [0.29, 0.717) is 4.47 Å². The van der Waals surface area contributed by atoms with E-state index in [1.165, 1.54) is 9.13 Å². The molecule has 4 heteroatoms. The summed E-state index contributed by atoms with van der Waals surface area (Å²) < 4.78 is 21.4. The fraction of sp³-hybridized carbons (Fsp3) is 0.200. The van der Waals surface area contributed by atoms with Crippen LogP contribution in [0.2, 0.25) is 0 Å². The van der Waals surface area contributed by atoms with E-state index >= 15 is 0 Å². The molecule has 0 N–H and O–H groups in total. The van der Waals surface area contributed by atoms with E-state index in [1.54, 1.807) is 12.1 Å². The molecule has 1 saturated carbocycles. The zero-order valence-electron chi connectivity index (χ0n) is 9.84. The minimum absolute atomic E-state index is 0.0222. The molecule has 19 heavy (non-hydrogen) atoms. The second-order valence-corrected chi connectivity index (χ2v) is 7.19. The Labute approximate surface area is 132 Å². The Morgan fingerprint density at radius 2 is 1.84 bits per heavy atom. The Morgan fingerprint density at radius 1 is 1.11 bits per heavy atom. The van der Waals surface area contributed by atoms with Gasteiger partial charge in [-0.25, -0.2) is 4.39 Å². The number of hydrogen-bond donors (Lipinski definition) is 0. The van der Waals surface area contributed by atoms with E-state index in [1.807, 2.05) is 12.1 Å². The maximum atomic E-state index is 13.8. The fourth-order valence-electron chi connectivity index (χ4n) is 2.88. The molecule has 1 heterocycles. The van der Waals surface area contributed by atoms with Crippen LogP contribution >= 0.6 is 38.5 Å². The summed E-state index contributed by atoms with van der Waals surface area (Å²) in [5.41, 5.74) is 2.17. The Hall–Kier alpha value is -0.620. The quantitative estimate of drug-likeness (QED) is 0.510. The van der Waals surface area contributed by atoms with Gasteiger partial charge in [-0.2, -0.15) is 0 Å². The maximum Gasteiger partial charge on any atom is 0.137 e. The molecular weight excluding hydrogens is 422 g/mol. The van der Waals surface area contributed by atoms with E-state index in [0.717, 1.165) is 29.9 Å². The van der Waals surface area contributed by atoms with Gasteiger partial charge in [0, 0.05) is 20.1 Å². The minimum Gasteiger partial charge on any atom is -0.457 e. The summed E-state index contributed by atoms with van der Waals surface area (Å²) in [6.45, 7) is 0. The van der Waals surface area contributed by atoms with Gasteiger partial charge in [0.1, 0.15) is 17.3 Å². The van der Waals surface area contributed by atoms with E-state index < -0.39 is 0 Å². The van der Waals surface area contributed by atoms with Crippen LogP contribution in [0.15, 0.2) is 34.8 Å². The van der Waals surface area contributed by atoms with Crippen molar-refractivity contribution >= 4 is 38.5 Å². The molecule has 1 aliphatic carbocycles. The summed E-state index contributed by atoms with van der Waals surface area (Å²) in [7, 11) is 0. The van der Waals surface area contributed by atoms with Crippen LogP contribution in [-0.2, 0) is 5.41 Å². The molecule has 0 saturated heterocycles. The van der Waals surface area contributed by atoms with Crippen LogP contribution in [0.5, 0.6) is 11.5 Å². The third-order valence-electron chi connectivity index (χ3n) is 3.97. The van der Waals surface area contributed by atoms with Crippen molar-refractivity contribution in [1.82, 2.24) is 0 Å². The lowest BCUT2D eigenvalue weighted by Crippen LogP contribution is -2.17. The second-order valence-electron chi connectivity index (χ2n) is 5.09. The minimum atomic E-state index is -0.220. The lowest BCUT2D eigenvalue weighted by atomic mass is 9.85. The molecule has 1 nitrogen and oxygen atoms in total. The number of hydrogen-bond acceptors (Lipinski definition) is 1. The molecule has 0 bridgehead atoms. The van der Waals surface area contributed by atoms with Gasteiger partial charge >= 0.3 is 0 Å². The summed E-state index contributed by atoms with van der Waals surface area (Å²) in [6, 6.07) is 9.57. The van der Waals surface area contributed by atoms with Crippen LogP contribution in [0.25, 0.3) is 0 Å². The predicted molar refractivity (Wildman–Crippen MR) is 83.3 cm³/mol. The van der Waals surface area contributed by atoms with Gasteiger partial charge in [-0.1, -0.05) is 0 Å². The molecule has 1 spiro atoms. The molecule has 0 aromatic heterocycles. The highest BCUT2D eigenvalue weighted by molar-refractivity contribution is 14.1. The third-order valence-corrected chi connectivity index (χ3v) is 5.24. The zero-order valence-corrected chi connectivity index (χ0v) is 13.6. The van der Waals surface area contributed by atoms with Gasteiger partial charge < -0.3 is 4.74 Å². The average Bonchev–Trinajstić information content (AvgIpc) is 3.15. The zero-order chi connectivity index (χ0) is 13.2. The van der Waals surface area contributed by atoms with Gasteiger partial charge in [0.2, 0.25) is 0 Å². The number of rotatable bonds is 0. The van der Waals surface area contributed by atoms with Crippen LogP contribution in [0.1, 0.15) is 24.0 Å². The molecule has 2 aromatic carbocycles. The van der Waals surface area contributed by atoms with Crippen LogP contribution in [0.4, 0.5) is 4.39 Å². The fourth-order valence-corrected chi connectivity index (χ4v) is 3.69. The molecule has 0 radical (unpaired) electrons. The van der Waals surface area contributed by atoms with Crippen molar-refractivity contribution in [2.24, 2.45) is 0 Å². The molecule has 0 amide bonds. The first-order valence-corrected chi connectivity index (χ1v) is 7.95. The molecule has 0 unspecified atom stereocenters. The first-order valence-electron chi connectivity index (χ1n) is 6.08. The van der Waals surface area contributed by atoms with Crippen molar-refractivity contribution in [3.05, 3.63) is 55.3 Å². The smallest absolute Gasteiger partial charge is 0.137 e. The van der Waals surface area contributed by atoms with Gasteiger partial charge in [0.25, 0.3) is 0 Å². The molecule has 1 fully saturated rings. The SMILES string of the molecule is Fc1cc2c(cc1Br)Oc1ccc(I)cc1C21CC1. The molecule has 96 valence electrons. The molecule has 1 aliphatic heterocycles. The van der Waals surface area contributed by atoms with Gasteiger partial charge in [0.05, 0.1) is 4.47 Å². The number of fused-ring (bicyclic) bond motifs is 4. The van der Waals surface area contributed by atoms with Crippen molar-refractivity contribution in [2.75, 3.05) is 0 Å². The van der Waals surface area contributed by atoms with Gasteiger partial charge in [0.15, 0.2) is 0 Å².